The minimum absolute atomic E-state index is 0.621. The number of carbonyl (C=O) groups excluding carboxylic acids is 2. The second-order valence-electron chi connectivity index (χ2n) is 3.87. The van der Waals surface area contributed by atoms with Crippen LogP contribution in [0, 0.1) is 7.14 Å². The van der Waals surface area contributed by atoms with Crippen molar-refractivity contribution >= 4 is 68.4 Å². The lowest BCUT2D eigenvalue weighted by Gasteiger charge is -2.08. The Labute approximate surface area is 143 Å². The van der Waals surface area contributed by atoms with E-state index in [1.807, 2.05) is 24.3 Å². The van der Waals surface area contributed by atoms with Crippen LogP contribution in [-0.4, -0.2) is 11.8 Å². The maximum absolute atomic E-state index is 11.9. The third kappa shape index (κ3) is 3.92. The number of carbonyl (C=O) groups is 2. The molecule has 2 aromatic rings. The second-order valence-corrected chi connectivity index (χ2v) is 6.19. The standard InChI is InChI=1S/C14H10I2N2O2/c15-9-5-1-3-7-11(9)17-13(19)14(20)18-12-8-4-2-6-10(12)16/h1-8H,(H,17,19)(H,18,20). The molecule has 0 aliphatic carbocycles. The zero-order chi connectivity index (χ0) is 14.5. The van der Waals surface area contributed by atoms with E-state index in [9.17, 15) is 9.59 Å². The van der Waals surface area contributed by atoms with Crippen LogP contribution >= 0.6 is 45.2 Å². The molecule has 0 aliphatic heterocycles. The van der Waals surface area contributed by atoms with Crippen molar-refractivity contribution in [3.63, 3.8) is 0 Å². The molecular weight excluding hydrogens is 482 g/mol. The summed E-state index contributed by atoms with van der Waals surface area (Å²) >= 11 is 4.20. The number of hydrogen-bond donors (Lipinski definition) is 2. The highest BCUT2D eigenvalue weighted by atomic mass is 127. The zero-order valence-corrected chi connectivity index (χ0v) is 14.5. The number of hydrogen-bond acceptors (Lipinski definition) is 2. The number of halogens is 2. The van der Waals surface area contributed by atoms with Crippen molar-refractivity contribution in [1.82, 2.24) is 0 Å². The van der Waals surface area contributed by atoms with Gasteiger partial charge in [-0.15, -0.1) is 0 Å². The lowest BCUT2D eigenvalue weighted by Crippen LogP contribution is -2.29. The van der Waals surface area contributed by atoms with Gasteiger partial charge in [-0.1, -0.05) is 24.3 Å². The SMILES string of the molecule is O=C(Nc1ccccc1I)C(=O)Nc1ccccc1I. The molecule has 0 radical (unpaired) electrons. The van der Waals surface area contributed by atoms with E-state index < -0.39 is 11.8 Å². The van der Waals surface area contributed by atoms with Crippen LogP contribution < -0.4 is 10.6 Å². The van der Waals surface area contributed by atoms with E-state index in [0.717, 1.165) is 7.14 Å². The summed E-state index contributed by atoms with van der Waals surface area (Å²) in [5, 5.41) is 5.18. The van der Waals surface area contributed by atoms with Gasteiger partial charge in [0, 0.05) is 7.14 Å². The first-order valence-corrected chi connectivity index (χ1v) is 7.85. The third-order valence-corrected chi connectivity index (χ3v) is 4.33. The average Bonchev–Trinajstić information content (AvgIpc) is 2.43. The molecule has 0 atom stereocenters. The van der Waals surface area contributed by atoms with Crippen molar-refractivity contribution in [1.29, 1.82) is 0 Å². The van der Waals surface area contributed by atoms with Gasteiger partial charge in [0.05, 0.1) is 11.4 Å². The Kier molecular flexibility index (Phi) is 5.35. The summed E-state index contributed by atoms with van der Waals surface area (Å²) in [7, 11) is 0. The summed E-state index contributed by atoms with van der Waals surface area (Å²) in [6.07, 6.45) is 0. The number of benzene rings is 2. The highest BCUT2D eigenvalue weighted by Gasteiger charge is 2.15. The molecule has 6 heteroatoms. The number of nitrogens with one attached hydrogen (secondary N) is 2. The molecule has 0 saturated carbocycles. The van der Waals surface area contributed by atoms with Crippen molar-refractivity contribution in [3.05, 3.63) is 55.7 Å². The van der Waals surface area contributed by atoms with Crippen LogP contribution in [0.3, 0.4) is 0 Å². The monoisotopic (exact) mass is 492 g/mol. The third-order valence-electron chi connectivity index (χ3n) is 2.45. The molecule has 0 bridgehead atoms. The molecule has 2 aromatic carbocycles. The molecule has 0 fully saturated rings. The Bertz CT molecular complexity index is 602. The first-order valence-electron chi connectivity index (χ1n) is 5.69. The molecular formula is C14H10I2N2O2. The van der Waals surface area contributed by atoms with Gasteiger partial charge in [0.1, 0.15) is 0 Å². The fourth-order valence-electron chi connectivity index (χ4n) is 1.48. The molecule has 0 heterocycles. The first kappa shape index (κ1) is 15.2. The minimum atomic E-state index is -0.686. The van der Waals surface area contributed by atoms with Crippen LogP contribution in [0.1, 0.15) is 0 Å². The molecule has 0 saturated heterocycles. The van der Waals surface area contributed by atoms with E-state index in [0.29, 0.717) is 11.4 Å². The molecule has 4 nitrogen and oxygen atoms in total. The highest BCUT2D eigenvalue weighted by molar-refractivity contribution is 14.1. The highest BCUT2D eigenvalue weighted by Crippen LogP contribution is 2.18. The Morgan fingerprint density at radius 3 is 1.40 bits per heavy atom. The molecule has 2 amide bonds. The van der Waals surface area contributed by atoms with E-state index >= 15 is 0 Å². The zero-order valence-electron chi connectivity index (χ0n) is 10.2. The molecule has 20 heavy (non-hydrogen) atoms. The lowest BCUT2D eigenvalue weighted by atomic mass is 10.3. The molecule has 102 valence electrons. The Hall–Kier alpha value is -1.16. The van der Waals surface area contributed by atoms with Crippen LogP contribution in [0.15, 0.2) is 48.5 Å². The van der Waals surface area contributed by atoms with Gasteiger partial charge in [0.15, 0.2) is 0 Å². The summed E-state index contributed by atoms with van der Waals surface area (Å²) in [4.78, 5) is 23.7. The summed E-state index contributed by atoms with van der Waals surface area (Å²) in [6.45, 7) is 0. The molecule has 2 rings (SSSR count). The Morgan fingerprint density at radius 2 is 1.05 bits per heavy atom. The van der Waals surface area contributed by atoms with Crippen LogP contribution in [0.5, 0.6) is 0 Å². The summed E-state index contributed by atoms with van der Waals surface area (Å²) in [6, 6.07) is 14.5. The molecule has 0 aliphatic rings. The van der Waals surface area contributed by atoms with Crippen LogP contribution in [-0.2, 0) is 9.59 Å². The second kappa shape index (κ2) is 7.02. The lowest BCUT2D eigenvalue weighted by molar-refractivity contribution is -0.133. The van der Waals surface area contributed by atoms with Gasteiger partial charge in [0.25, 0.3) is 0 Å². The number of para-hydroxylation sites is 2. The van der Waals surface area contributed by atoms with Gasteiger partial charge < -0.3 is 10.6 Å². The summed E-state index contributed by atoms with van der Waals surface area (Å²) in [5.74, 6) is -1.37. The Morgan fingerprint density at radius 1 is 0.700 bits per heavy atom. The first-order chi connectivity index (χ1) is 9.58. The van der Waals surface area contributed by atoms with E-state index in [-0.39, 0.29) is 0 Å². The topological polar surface area (TPSA) is 58.2 Å². The maximum Gasteiger partial charge on any atom is 0.314 e. The predicted octanol–water partition coefficient (Wildman–Crippen LogP) is 3.47. The summed E-state index contributed by atoms with van der Waals surface area (Å²) < 4.78 is 1.75. The van der Waals surface area contributed by atoms with Gasteiger partial charge in [-0.3, -0.25) is 9.59 Å². The number of anilines is 2. The van der Waals surface area contributed by atoms with E-state index in [1.54, 1.807) is 24.3 Å². The predicted molar refractivity (Wildman–Crippen MR) is 95.6 cm³/mol. The fraction of sp³-hybridized carbons (Fsp3) is 0. The minimum Gasteiger partial charge on any atom is -0.317 e. The van der Waals surface area contributed by atoms with Crippen LogP contribution in [0.2, 0.25) is 0 Å². The molecule has 0 unspecified atom stereocenters. The van der Waals surface area contributed by atoms with Crippen molar-refractivity contribution in [2.45, 2.75) is 0 Å². The molecule has 0 aromatic heterocycles. The van der Waals surface area contributed by atoms with Crippen molar-refractivity contribution < 1.29 is 9.59 Å². The van der Waals surface area contributed by atoms with Gasteiger partial charge in [-0.05, 0) is 69.4 Å². The Balaban J connectivity index is 2.05. The normalized spacial score (nSPS) is 9.90. The quantitative estimate of drug-likeness (QED) is 0.499. The van der Waals surface area contributed by atoms with Gasteiger partial charge in [-0.25, -0.2) is 0 Å². The van der Waals surface area contributed by atoms with Gasteiger partial charge in [-0.2, -0.15) is 0 Å². The van der Waals surface area contributed by atoms with Crippen molar-refractivity contribution in [3.8, 4) is 0 Å². The number of amides is 2. The number of rotatable bonds is 2. The van der Waals surface area contributed by atoms with Gasteiger partial charge in [0.2, 0.25) is 0 Å². The fourth-order valence-corrected chi connectivity index (χ4v) is 2.53. The largest absolute Gasteiger partial charge is 0.317 e. The van der Waals surface area contributed by atoms with Crippen LogP contribution in [0.4, 0.5) is 11.4 Å². The van der Waals surface area contributed by atoms with Crippen molar-refractivity contribution in [2.75, 3.05) is 10.6 Å². The van der Waals surface area contributed by atoms with Crippen molar-refractivity contribution in [2.24, 2.45) is 0 Å². The van der Waals surface area contributed by atoms with E-state index in [4.69, 9.17) is 0 Å². The summed E-state index contributed by atoms with van der Waals surface area (Å²) in [5.41, 5.74) is 1.24. The molecule has 2 N–H and O–H groups in total. The van der Waals surface area contributed by atoms with Gasteiger partial charge >= 0.3 is 11.8 Å². The molecule has 0 spiro atoms. The average molecular weight is 492 g/mol. The van der Waals surface area contributed by atoms with E-state index in [1.165, 1.54) is 0 Å². The van der Waals surface area contributed by atoms with Crippen LogP contribution in [0.25, 0.3) is 0 Å². The van der Waals surface area contributed by atoms with E-state index in [2.05, 4.69) is 55.8 Å². The maximum atomic E-state index is 11.9. The smallest absolute Gasteiger partial charge is 0.314 e.